The second-order valence-corrected chi connectivity index (χ2v) is 5.84. The first-order chi connectivity index (χ1) is 9.13. The lowest BCUT2D eigenvalue weighted by molar-refractivity contribution is 0.0734. The summed E-state index contributed by atoms with van der Waals surface area (Å²) >= 11 is 3.02. The van der Waals surface area contributed by atoms with E-state index in [9.17, 15) is 4.79 Å². The molecule has 100 valence electrons. The number of thioether (sulfide) groups is 1. The van der Waals surface area contributed by atoms with Crippen LogP contribution < -0.4 is 0 Å². The highest BCUT2D eigenvalue weighted by atomic mass is 32.2. The van der Waals surface area contributed by atoms with Crippen molar-refractivity contribution in [3.8, 4) is 0 Å². The van der Waals surface area contributed by atoms with E-state index in [1.807, 2.05) is 19.2 Å². The number of hydrogen-bond donors (Lipinski definition) is 0. The van der Waals surface area contributed by atoms with Gasteiger partial charge in [-0.3, -0.25) is 4.79 Å². The van der Waals surface area contributed by atoms with Gasteiger partial charge in [-0.05, 0) is 19.2 Å². The summed E-state index contributed by atoms with van der Waals surface area (Å²) in [6, 6.07) is 1.69. The molecular weight excluding hydrogens is 280 g/mol. The first kappa shape index (κ1) is 14.0. The number of amides is 1. The van der Waals surface area contributed by atoms with Crippen molar-refractivity contribution in [1.82, 2.24) is 19.9 Å². The van der Waals surface area contributed by atoms with Gasteiger partial charge in [-0.2, -0.15) is 0 Å². The molecule has 0 fully saturated rings. The van der Waals surface area contributed by atoms with E-state index in [0.717, 1.165) is 10.0 Å². The molecule has 19 heavy (non-hydrogen) atoms. The zero-order valence-corrected chi connectivity index (χ0v) is 12.5. The summed E-state index contributed by atoms with van der Waals surface area (Å²) in [7, 11) is 1.76. The molecule has 0 aliphatic carbocycles. The first-order valence-corrected chi connectivity index (χ1v) is 7.76. The van der Waals surface area contributed by atoms with Crippen LogP contribution in [0.15, 0.2) is 28.3 Å². The number of aromatic nitrogens is 3. The van der Waals surface area contributed by atoms with Gasteiger partial charge in [0.25, 0.3) is 5.91 Å². The Kier molecular flexibility index (Phi) is 4.49. The fraction of sp³-hybridized carbons (Fsp3) is 0.333. The number of hydrogen-bond acceptors (Lipinski definition) is 6. The minimum absolute atomic E-state index is 0.0948. The summed E-state index contributed by atoms with van der Waals surface area (Å²) in [6.45, 7) is 1.93. The lowest BCUT2D eigenvalue weighted by Gasteiger charge is -2.23. The van der Waals surface area contributed by atoms with E-state index in [1.165, 1.54) is 29.4 Å². The van der Waals surface area contributed by atoms with Gasteiger partial charge in [0.2, 0.25) is 0 Å². The van der Waals surface area contributed by atoms with Gasteiger partial charge >= 0.3 is 0 Å². The van der Waals surface area contributed by atoms with Gasteiger partial charge in [-0.15, -0.1) is 11.3 Å². The Morgan fingerprint density at radius 1 is 1.53 bits per heavy atom. The quantitative estimate of drug-likeness (QED) is 0.811. The van der Waals surface area contributed by atoms with Crippen molar-refractivity contribution in [3.63, 3.8) is 0 Å². The minimum Gasteiger partial charge on any atom is -0.332 e. The van der Waals surface area contributed by atoms with Crippen molar-refractivity contribution in [2.45, 2.75) is 17.3 Å². The van der Waals surface area contributed by atoms with Gasteiger partial charge in [0, 0.05) is 18.6 Å². The van der Waals surface area contributed by atoms with Crippen LogP contribution in [0.25, 0.3) is 0 Å². The summed E-state index contributed by atoms with van der Waals surface area (Å²) in [5.41, 5.74) is 1.30. The molecule has 5 nitrogen and oxygen atoms in total. The zero-order chi connectivity index (χ0) is 13.8. The molecule has 0 bridgehead atoms. The largest absolute Gasteiger partial charge is 0.332 e. The Labute approximate surface area is 120 Å². The molecule has 2 aromatic rings. The van der Waals surface area contributed by atoms with Crippen LogP contribution >= 0.6 is 23.1 Å². The standard InChI is InChI=1S/C12H14N4OS2/c1-8(9-4-5-13-7-14-9)16(2)11(17)10-6-19-12(15-10)18-3/h4-8H,1-3H3/t8-/m0/s1. The second kappa shape index (κ2) is 6.12. The third-order valence-corrected chi connectivity index (χ3v) is 4.67. The molecule has 1 atom stereocenters. The molecule has 0 saturated carbocycles. The highest BCUT2D eigenvalue weighted by Gasteiger charge is 2.21. The van der Waals surface area contributed by atoms with Crippen LogP contribution in [0.1, 0.15) is 29.1 Å². The van der Waals surface area contributed by atoms with E-state index in [0.29, 0.717) is 5.69 Å². The summed E-state index contributed by atoms with van der Waals surface area (Å²) in [5, 5.41) is 1.79. The SMILES string of the molecule is CSc1nc(C(=O)N(C)[C@@H](C)c2ccncn2)cs1. The van der Waals surface area contributed by atoms with Crippen molar-refractivity contribution >= 4 is 29.0 Å². The lowest BCUT2D eigenvalue weighted by atomic mass is 10.2. The smallest absolute Gasteiger partial charge is 0.273 e. The fourth-order valence-corrected chi connectivity index (χ4v) is 2.79. The van der Waals surface area contributed by atoms with Crippen LogP contribution in [0, 0.1) is 0 Å². The Bertz CT molecular complexity index is 558. The molecule has 2 rings (SSSR count). The molecule has 0 aliphatic rings. The summed E-state index contributed by atoms with van der Waals surface area (Å²) in [5.74, 6) is -0.0948. The number of carbonyl (C=O) groups is 1. The summed E-state index contributed by atoms with van der Waals surface area (Å²) in [4.78, 5) is 26.3. The number of carbonyl (C=O) groups excluding carboxylic acids is 1. The molecule has 1 amide bonds. The van der Waals surface area contributed by atoms with Crippen molar-refractivity contribution in [3.05, 3.63) is 35.4 Å². The van der Waals surface area contributed by atoms with Crippen LogP contribution in [0.2, 0.25) is 0 Å². The number of nitrogens with zero attached hydrogens (tertiary/aromatic N) is 4. The Morgan fingerprint density at radius 3 is 2.89 bits per heavy atom. The second-order valence-electron chi connectivity index (χ2n) is 3.93. The van der Waals surface area contributed by atoms with E-state index in [1.54, 1.807) is 23.5 Å². The van der Waals surface area contributed by atoms with E-state index in [4.69, 9.17) is 0 Å². The number of thiazole rings is 1. The normalized spacial score (nSPS) is 12.2. The van der Waals surface area contributed by atoms with Crippen molar-refractivity contribution < 1.29 is 4.79 Å². The topological polar surface area (TPSA) is 59.0 Å². The molecule has 0 aromatic carbocycles. The molecule has 0 N–H and O–H groups in total. The van der Waals surface area contributed by atoms with E-state index >= 15 is 0 Å². The fourth-order valence-electron chi connectivity index (χ4n) is 1.55. The Morgan fingerprint density at radius 2 is 2.32 bits per heavy atom. The van der Waals surface area contributed by atoms with Crippen LogP contribution in [0.4, 0.5) is 0 Å². The molecule has 0 aliphatic heterocycles. The predicted molar refractivity (Wildman–Crippen MR) is 76.4 cm³/mol. The summed E-state index contributed by atoms with van der Waals surface area (Å²) in [6.07, 6.45) is 5.10. The first-order valence-electron chi connectivity index (χ1n) is 5.66. The predicted octanol–water partition coefficient (Wildman–Crippen LogP) is 2.49. The maximum Gasteiger partial charge on any atom is 0.273 e. The van der Waals surface area contributed by atoms with Crippen molar-refractivity contribution in [2.24, 2.45) is 0 Å². The molecular formula is C12H14N4OS2. The third kappa shape index (κ3) is 3.10. The Hall–Kier alpha value is -1.47. The van der Waals surface area contributed by atoms with Gasteiger partial charge in [-0.1, -0.05) is 11.8 Å². The molecule has 0 unspecified atom stereocenters. The van der Waals surface area contributed by atoms with Crippen molar-refractivity contribution in [2.75, 3.05) is 13.3 Å². The average molecular weight is 294 g/mol. The van der Waals surface area contributed by atoms with Crippen LogP contribution in [-0.4, -0.2) is 39.1 Å². The van der Waals surface area contributed by atoms with Crippen molar-refractivity contribution in [1.29, 1.82) is 0 Å². The van der Waals surface area contributed by atoms with E-state index in [-0.39, 0.29) is 11.9 Å². The van der Waals surface area contributed by atoms with Gasteiger partial charge in [0.1, 0.15) is 16.4 Å². The van der Waals surface area contributed by atoms with E-state index in [2.05, 4.69) is 15.0 Å². The molecule has 7 heteroatoms. The van der Waals surface area contributed by atoms with Gasteiger partial charge in [-0.25, -0.2) is 15.0 Å². The van der Waals surface area contributed by atoms with Gasteiger partial charge in [0.05, 0.1) is 11.7 Å². The van der Waals surface area contributed by atoms with Gasteiger partial charge < -0.3 is 4.90 Å². The maximum absolute atomic E-state index is 12.3. The number of rotatable bonds is 4. The zero-order valence-electron chi connectivity index (χ0n) is 10.9. The molecule has 0 saturated heterocycles. The molecule has 0 radical (unpaired) electrons. The van der Waals surface area contributed by atoms with Crippen LogP contribution in [0.5, 0.6) is 0 Å². The molecule has 0 spiro atoms. The van der Waals surface area contributed by atoms with E-state index < -0.39 is 0 Å². The van der Waals surface area contributed by atoms with Crippen LogP contribution in [-0.2, 0) is 0 Å². The highest BCUT2D eigenvalue weighted by Crippen LogP contribution is 2.23. The summed E-state index contributed by atoms with van der Waals surface area (Å²) < 4.78 is 0.895. The average Bonchev–Trinajstić information content (AvgIpc) is 2.94. The molecule has 2 heterocycles. The monoisotopic (exact) mass is 294 g/mol. The van der Waals surface area contributed by atoms with Gasteiger partial charge in [0.15, 0.2) is 0 Å². The third-order valence-electron chi connectivity index (χ3n) is 2.81. The lowest BCUT2D eigenvalue weighted by Crippen LogP contribution is -2.30. The van der Waals surface area contributed by atoms with Crippen LogP contribution in [0.3, 0.4) is 0 Å². The molecule has 2 aromatic heterocycles. The maximum atomic E-state index is 12.3. The minimum atomic E-state index is -0.116. The Balaban J connectivity index is 2.15. The highest BCUT2D eigenvalue weighted by molar-refractivity contribution is 8.00.